The van der Waals surface area contributed by atoms with Crippen molar-refractivity contribution in [1.82, 2.24) is 9.88 Å². The van der Waals surface area contributed by atoms with E-state index in [4.69, 9.17) is 10.5 Å². The molecule has 3 N–H and O–H groups in total. The number of rotatable bonds is 2. The summed E-state index contributed by atoms with van der Waals surface area (Å²) in [6.07, 6.45) is 2.06. The molecule has 0 atom stereocenters. The van der Waals surface area contributed by atoms with Crippen LogP contribution in [0.15, 0.2) is 24.4 Å². The molecular formula is C18H17F3N4O3. The first-order chi connectivity index (χ1) is 13.3. The van der Waals surface area contributed by atoms with Gasteiger partial charge in [0, 0.05) is 23.2 Å². The quantitative estimate of drug-likeness (QED) is 0.815. The average molecular weight is 394 g/mol. The largest absolute Gasteiger partial charge is 0.376 e. The van der Waals surface area contributed by atoms with Crippen molar-refractivity contribution < 1.29 is 27.5 Å². The number of amides is 3. The van der Waals surface area contributed by atoms with Crippen LogP contribution in [-0.4, -0.2) is 35.0 Å². The summed E-state index contributed by atoms with van der Waals surface area (Å²) in [6.45, 7) is 0.667. The summed E-state index contributed by atoms with van der Waals surface area (Å²) >= 11 is 0. The SMILES string of the molecule is Fc1cnc2c(c1)COCC2.NC(=O)CN1Cc2c(ccc(F)c2F)NC1=O. The maximum absolute atomic E-state index is 13.5. The van der Waals surface area contributed by atoms with Crippen molar-refractivity contribution in [3.8, 4) is 0 Å². The van der Waals surface area contributed by atoms with Gasteiger partial charge in [0.25, 0.3) is 0 Å². The summed E-state index contributed by atoms with van der Waals surface area (Å²) in [5, 5.41) is 2.36. The van der Waals surface area contributed by atoms with E-state index in [-0.39, 0.29) is 30.2 Å². The molecule has 0 bridgehead atoms. The van der Waals surface area contributed by atoms with E-state index < -0.39 is 23.6 Å². The van der Waals surface area contributed by atoms with Crippen LogP contribution in [0.3, 0.4) is 0 Å². The Morgan fingerprint density at radius 3 is 2.86 bits per heavy atom. The van der Waals surface area contributed by atoms with Gasteiger partial charge < -0.3 is 20.7 Å². The van der Waals surface area contributed by atoms with Crippen LogP contribution in [0.2, 0.25) is 0 Å². The smallest absolute Gasteiger partial charge is 0.322 e. The number of hydrogen-bond donors (Lipinski definition) is 2. The number of urea groups is 1. The normalized spacial score (nSPS) is 15.0. The number of carbonyl (C=O) groups is 2. The molecule has 0 saturated carbocycles. The predicted molar refractivity (Wildman–Crippen MR) is 92.5 cm³/mol. The minimum atomic E-state index is -1.03. The van der Waals surface area contributed by atoms with Gasteiger partial charge in [0.15, 0.2) is 11.6 Å². The summed E-state index contributed by atoms with van der Waals surface area (Å²) < 4.78 is 44.2. The number of nitrogens with one attached hydrogen (secondary N) is 1. The second kappa shape index (κ2) is 8.26. The van der Waals surface area contributed by atoms with Gasteiger partial charge in [-0.15, -0.1) is 0 Å². The van der Waals surface area contributed by atoms with Gasteiger partial charge in [0.1, 0.15) is 12.4 Å². The number of halogens is 3. The molecule has 148 valence electrons. The number of pyridine rings is 1. The fourth-order valence-electron chi connectivity index (χ4n) is 2.85. The van der Waals surface area contributed by atoms with Gasteiger partial charge in [-0.3, -0.25) is 9.78 Å². The van der Waals surface area contributed by atoms with Crippen LogP contribution in [0, 0.1) is 17.5 Å². The van der Waals surface area contributed by atoms with Crippen LogP contribution in [0.5, 0.6) is 0 Å². The fraction of sp³-hybridized carbons (Fsp3) is 0.278. The van der Waals surface area contributed by atoms with E-state index in [0.29, 0.717) is 13.2 Å². The van der Waals surface area contributed by atoms with E-state index in [1.165, 1.54) is 18.3 Å². The van der Waals surface area contributed by atoms with E-state index >= 15 is 0 Å². The number of fused-ring (bicyclic) bond motifs is 2. The predicted octanol–water partition coefficient (Wildman–Crippen LogP) is 2.09. The zero-order chi connectivity index (χ0) is 20.3. The molecule has 0 spiro atoms. The summed E-state index contributed by atoms with van der Waals surface area (Å²) in [7, 11) is 0. The van der Waals surface area contributed by atoms with Crippen molar-refractivity contribution in [3.63, 3.8) is 0 Å². The summed E-state index contributed by atoms with van der Waals surface area (Å²) in [5.41, 5.74) is 7.01. The minimum absolute atomic E-state index is 0.00542. The Kier molecular flexibility index (Phi) is 5.78. The van der Waals surface area contributed by atoms with Crippen LogP contribution in [0.1, 0.15) is 16.8 Å². The lowest BCUT2D eigenvalue weighted by Crippen LogP contribution is -2.43. The van der Waals surface area contributed by atoms with Gasteiger partial charge in [-0.05, 0) is 18.2 Å². The van der Waals surface area contributed by atoms with Crippen molar-refractivity contribution in [2.75, 3.05) is 18.5 Å². The molecule has 0 aliphatic carbocycles. The molecule has 2 aromatic rings. The number of anilines is 1. The molecule has 0 radical (unpaired) electrons. The molecule has 28 heavy (non-hydrogen) atoms. The number of hydrogen-bond acceptors (Lipinski definition) is 4. The molecule has 0 fully saturated rings. The molecule has 1 aromatic carbocycles. The third-order valence-electron chi connectivity index (χ3n) is 4.19. The molecule has 2 aliphatic heterocycles. The van der Waals surface area contributed by atoms with Crippen LogP contribution < -0.4 is 11.1 Å². The van der Waals surface area contributed by atoms with Crippen LogP contribution in [0.25, 0.3) is 0 Å². The number of benzene rings is 1. The molecule has 1 aromatic heterocycles. The fourth-order valence-corrected chi connectivity index (χ4v) is 2.85. The third-order valence-corrected chi connectivity index (χ3v) is 4.19. The van der Waals surface area contributed by atoms with Crippen LogP contribution >= 0.6 is 0 Å². The standard InChI is InChI=1S/C10H9F2N3O2.C8H8FNO/c11-6-1-2-7-5(9(6)12)3-15(4-8(13)16)10(17)14-7;9-7-3-6-5-11-2-1-8(6)10-4-7/h1-2H,3-4H2,(H2,13,16)(H,14,17);3-4H,1-2,5H2. The van der Waals surface area contributed by atoms with E-state index in [1.807, 2.05) is 0 Å². The maximum Gasteiger partial charge on any atom is 0.322 e. The number of carbonyl (C=O) groups excluding carboxylic acids is 2. The van der Waals surface area contributed by atoms with Crippen molar-refractivity contribution in [1.29, 1.82) is 0 Å². The molecular weight excluding hydrogens is 377 g/mol. The van der Waals surface area contributed by atoms with Gasteiger partial charge in [-0.2, -0.15) is 0 Å². The van der Waals surface area contributed by atoms with Gasteiger partial charge in [0.2, 0.25) is 5.91 Å². The Morgan fingerprint density at radius 1 is 1.32 bits per heavy atom. The highest BCUT2D eigenvalue weighted by Gasteiger charge is 2.27. The number of nitrogens with zero attached hydrogens (tertiary/aromatic N) is 2. The van der Waals surface area contributed by atoms with E-state index in [9.17, 15) is 22.8 Å². The lowest BCUT2D eigenvalue weighted by molar-refractivity contribution is -0.118. The topological polar surface area (TPSA) is 97.6 Å². The Morgan fingerprint density at radius 2 is 2.11 bits per heavy atom. The molecule has 0 unspecified atom stereocenters. The van der Waals surface area contributed by atoms with Gasteiger partial charge in [-0.1, -0.05) is 0 Å². The van der Waals surface area contributed by atoms with Gasteiger partial charge in [-0.25, -0.2) is 18.0 Å². The van der Waals surface area contributed by atoms with Gasteiger partial charge >= 0.3 is 6.03 Å². The van der Waals surface area contributed by atoms with E-state index in [0.717, 1.165) is 28.6 Å². The number of aromatic nitrogens is 1. The summed E-state index contributed by atoms with van der Waals surface area (Å²) in [4.78, 5) is 27.2. The van der Waals surface area contributed by atoms with Crippen molar-refractivity contribution >= 4 is 17.6 Å². The molecule has 4 rings (SSSR count). The first-order valence-corrected chi connectivity index (χ1v) is 8.37. The third kappa shape index (κ3) is 4.39. The molecule has 7 nitrogen and oxygen atoms in total. The highest BCUT2D eigenvalue weighted by Crippen LogP contribution is 2.27. The van der Waals surface area contributed by atoms with E-state index in [1.54, 1.807) is 0 Å². The van der Waals surface area contributed by atoms with Crippen molar-refractivity contribution in [3.05, 3.63) is 58.7 Å². The number of nitrogens with two attached hydrogens (primary N) is 1. The first-order valence-electron chi connectivity index (χ1n) is 8.37. The highest BCUT2D eigenvalue weighted by molar-refractivity contribution is 5.94. The molecule has 3 heterocycles. The minimum Gasteiger partial charge on any atom is -0.376 e. The van der Waals surface area contributed by atoms with Crippen molar-refractivity contribution in [2.24, 2.45) is 5.73 Å². The van der Waals surface area contributed by atoms with Crippen molar-refractivity contribution in [2.45, 2.75) is 19.6 Å². The molecule has 10 heteroatoms. The molecule has 3 amide bonds. The van der Waals surface area contributed by atoms with Gasteiger partial charge in [0.05, 0.1) is 31.6 Å². The Labute approximate surface area is 158 Å². The van der Waals surface area contributed by atoms with E-state index in [2.05, 4.69) is 10.3 Å². The number of ether oxygens (including phenoxy) is 1. The number of primary amides is 1. The zero-order valence-electron chi connectivity index (χ0n) is 14.7. The second-order valence-corrected chi connectivity index (χ2v) is 6.20. The van der Waals surface area contributed by atoms with Crippen LogP contribution in [-0.2, 0) is 29.1 Å². The maximum atomic E-state index is 13.5. The Balaban J connectivity index is 0.000000176. The lowest BCUT2D eigenvalue weighted by atomic mass is 10.1. The average Bonchev–Trinajstić information content (AvgIpc) is 2.66. The first kappa shape index (κ1) is 19.6. The zero-order valence-corrected chi connectivity index (χ0v) is 14.7. The molecule has 2 aliphatic rings. The Hall–Kier alpha value is -3.14. The molecule has 0 saturated heterocycles. The summed E-state index contributed by atoms with van der Waals surface area (Å²) in [5.74, 6) is -3.04. The highest BCUT2D eigenvalue weighted by atomic mass is 19.2. The summed E-state index contributed by atoms with van der Waals surface area (Å²) in [6, 6.07) is 3.12. The van der Waals surface area contributed by atoms with Crippen LogP contribution in [0.4, 0.5) is 23.7 Å². The lowest BCUT2D eigenvalue weighted by Gasteiger charge is -2.28. The second-order valence-electron chi connectivity index (χ2n) is 6.20. The Bertz CT molecular complexity index is 923. The monoisotopic (exact) mass is 394 g/mol.